The number of piperazine rings is 1. The minimum absolute atomic E-state index is 0.138. The Labute approximate surface area is 133 Å². The number of amides is 1. The quantitative estimate of drug-likeness (QED) is 0.917. The average Bonchev–Trinajstić information content (AvgIpc) is 3.09. The number of likely N-dealkylation sites (tertiary alicyclic amines) is 1. The third-order valence-corrected chi connectivity index (χ3v) is 5.05. The summed E-state index contributed by atoms with van der Waals surface area (Å²) in [5.74, 6) is 0.943. The fraction of sp³-hybridized carbons (Fsp3) is 0.706. The zero-order valence-electron chi connectivity index (χ0n) is 13.6. The Morgan fingerprint density at radius 1 is 1.23 bits per heavy atom. The first-order valence-corrected chi connectivity index (χ1v) is 8.63. The van der Waals surface area contributed by atoms with E-state index >= 15 is 0 Å². The highest BCUT2D eigenvalue weighted by molar-refractivity contribution is 5.92. The van der Waals surface area contributed by atoms with Gasteiger partial charge in [0.25, 0.3) is 5.91 Å². The van der Waals surface area contributed by atoms with Gasteiger partial charge in [0.05, 0.1) is 0 Å². The first-order valence-electron chi connectivity index (χ1n) is 8.63. The number of aromatic nitrogens is 1. The third kappa shape index (κ3) is 3.70. The first-order chi connectivity index (χ1) is 10.8. The largest absolute Gasteiger partial charge is 0.357 e. The molecule has 2 aliphatic rings. The lowest BCUT2D eigenvalue weighted by Crippen LogP contribution is -2.51. The summed E-state index contributed by atoms with van der Waals surface area (Å²) in [7, 11) is 0. The number of aromatic amines is 1. The second kappa shape index (κ2) is 7.29. The molecule has 0 bridgehead atoms. The smallest absolute Gasteiger partial charge is 0.270 e. The molecule has 1 aromatic heterocycles. The number of nitrogens with one attached hydrogen (secondary N) is 1. The summed E-state index contributed by atoms with van der Waals surface area (Å²) in [5.41, 5.74) is 0.708. The standard InChI is InChI=1S/C17H28N4O/c1-2-19-8-4-5-15(13-19)14-20-9-11-21(12-10-20)17(22)16-6-3-7-18-16/h3,6-7,15,18H,2,4-5,8-14H2,1H3/t15-/m1/s1. The van der Waals surface area contributed by atoms with Gasteiger partial charge in [-0.1, -0.05) is 6.92 Å². The van der Waals surface area contributed by atoms with E-state index in [-0.39, 0.29) is 5.91 Å². The third-order valence-electron chi connectivity index (χ3n) is 5.05. The summed E-state index contributed by atoms with van der Waals surface area (Å²) >= 11 is 0. The molecule has 0 aliphatic carbocycles. The molecule has 1 N–H and O–H groups in total. The summed E-state index contributed by atoms with van der Waals surface area (Å²) in [5, 5.41) is 0. The Kier molecular flexibility index (Phi) is 5.16. The van der Waals surface area contributed by atoms with E-state index in [4.69, 9.17) is 0 Å². The van der Waals surface area contributed by atoms with E-state index in [1.807, 2.05) is 23.2 Å². The van der Waals surface area contributed by atoms with Crippen LogP contribution in [0.1, 0.15) is 30.3 Å². The predicted molar refractivity (Wildman–Crippen MR) is 88.0 cm³/mol. The van der Waals surface area contributed by atoms with E-state index in [9.17, 15) is 4.79 Å². The maximum absolute atomic E-state index is 12.3. The summed E-state index contributed by atoms with van der Waals surface area (Å²) in [6.07, 6.45) is 4.51. The number of nitrogens with zero attached hydrogens (tertiary/aromatic N) is 3. The minimum atomic E-state index is 0.138. The van der Waals surface area contributed by atoms with E-state index in [0.29, 0.717) is 5.69 Å². The van der Waals surface area contributed by atoms with E-state index in [1.54, 1.807) is 0 Å². The zero-order valence-corrected chi connectivity index (χ0v) is 13.6. The van der Waals surface area contributed by atoms with Crippen LogP contribution in [0.15, 0.2) is 18.3 Å². The number of carbonyl (C=O) groups is 1. The van der Waals surface area contributed by atoms with Gasteiger partial charge in [-0.25, -0.2) is 0 Å². The van der Waals surface area contributed by atoms with Crippen molar-refractivity contribution in [2.24, 2.45) is 5.92 Å². The molecule has 22 heavy (non-hydrogen) atoms. The van der Waals surface area contributed by atoms with Crippen molar-refractivity contribution in [3.05, 3.63) is 24.0 Å². The molecule has 2 saturated heterocycles. The van der Waals surface area contributed by atoms with Crippen LogP contribution in [0, 0.1) is 5.92 Å². The van der Waals surface area contributed by atoms with E-state index in [0.717, 1.165) is 32.1 Å². The molecule has 3 rings (SSSR count). The molecule has 1 atom stereocenters. The SMILES string of the molecule is CCN1CCC[C@@H](CN2CCN(C(=O)c3ccc[nH]3)CC2)C1. The second-order valence-electron chi connectivity index (χ2n) is 6.58. The van der Waals surface area contributed by atoms with Crippen LogP contribution in [0.5, 0.6) is 0 Å². The van der Waals surface area contributed by atoms with Crippen LogP contribution in [0.4, 0.5) is 0 Å². The molecule has 3 heterocycles. The molecule has 0 spiro atoms. The Bertz CT molecular complexity index is 465. The topological polar surface area (TPSA) is 42.6 Å². The Hall–Kier alpha value is -1.33. The highest BCUT2D eigenvalue weighted by Gasteiger charge is 2.26. The van der Waals surface area contributed by atoms with Crippen LogP contribution in [-0.2, 0) is 0 Å². The van der Waals surface area contributed by atoms with Gasteiger partial charge in [0.2, 0.25) is 0 Å². The van der Waals surface area contributed by atoms with Crippen molar-refractivity contribution in [1.29, 1.82) is 0 Å². The first kappa shape index (κ1) is 15.6. The van der Waals surface area contributed by atoms with Gasteiger partial charge in [-0.2, -0.15) is 0 Å². The normalized spacial score (nSPS) is 24.6. The van der Waals surface area contributed by atoms with Crippen molar-refractivity contribution in [1.82, 2.24) is 19.7 Å². The Morgan fingerprint density at radius 2 is 2.05 bits per heavy atom. The molecular formula is C17H28N4O. The molecule has 2 aliphatic heterocycles. The number of hydrogen-bond donors (Lipinski definition) is 1. The van der Waals surface area contributed by atoms with Gasteiger partial charge in [0, 0.05) is 45.5 Å². The molecule has 0 unspecified atom stereocenters. The highest BCUT2D eigenvalue weighted by Crippen LogP contribution is 2.18. The van der Waals surface area contributed by atoms with Gasteiger partial charge < -0.3 is 14.8 Å². The van der Waals surface area contributed by atoms with Gasteiger partial charge in [0.15, 0.2) is 0 Å². The molecule has 1 aromatic rings. The van der Waals surface area contributed by atoms with Gasteiger partial charge in [-0.05, 0) is 44.0 Å². The van der Waals surface area contributed by atoms with Crippen LogP contribution in [-0.4, -0.2) is 77.9 Å². The summed E-state index contributed by atoms with van der Waals surface area (Å²) in [6.45, 7) is 10.9. The fourth-order valence-corrected chi connectivity index (χ4v) is 3.72. The molecule has 0 aromatic carbocycles. The van der Waals surface area contributed by atoms with Crippen molar-refractivity contribution in [3.8, 4) is 0 Å². The molecule has 2 fully saturated rings. The lowest BCUT2D eigenvalue weighted by Gasteiger charge is -2.39. The fourth-order valence-electron chi connectivity index (χ4n) is 3.72. The van der Waals surface area contributed by atoms with Crippen LogP contribution in [0.3, 0.4) is 0 Å². The number of hydrogen-bond acceptors (Lipinski definition) is 3. The predicted octanol–water partition coefficient (Wildman–Crippen LogP) is 1.50. The van der Waals surface area contributed by atoms with Gasteiger partial charge in [-0.15, -0.1) is 0 Å². The average molecular weight is 304 g/mol. The molecule has 5 heteroatoms. The van der Waals surface area contributed by atoms with E-state index in [2.05, 4.69) is 21.7 Å². The number of piperidine rings is 1. The van der Waals surface area contributed by atoms with Crippen molar-refractivity contribution in [3.63, 3.8) is 0 Å². The van der Waals surface area contributed by atoms with E-state index in [1.165, 1.54) is 39.0 Å². The van der Waals surface area contributed by atoms with Crippen LogP contribution in [0.25, 0.3) is 0 Å². The maximum Gasteiger partial charge on any atom is 0.270 e. The number of rotatable bonds is 4. The van der Waals surface area contributed by atoms with Crippen LogP contribution < -0.4 is 0 Å². The number of carbonyl (C=O) groups excluding carboxylic acids is 1. The van der Waals surface area contributed by atoms with Gasteiger partial charge in [-0.3, -0.25) is 9.69 Å². The van der Waals surface area contributed by atoms with Crippen molar-refractivity contribution in [2.45, 2.75) is 19.8 Å². The van der Waals surface area contributed by atoms with E-state index < -0.39 is 0 Å². The second-order valence-corrected chi connectivity index (χ2v) is 6.58. The molecule has 5 nitrogen and oxygen atoms in total. The lowest BCUT2D eigenvalue weighted by molar-refractivity contribution is 0.0576. The summed E-state index contributed by atoms with van der Waals surface area (Å²) < 4.78 is 0. The zero-order chi connectivity index (χ0) is 15.4. The van der Waals surface area contributed by atoms with Gasteiger partial charge in [0.1, 0.15) is 5.69 Å². The van der Waals surface area contributed by atoms with Gasteiger partial charge >= 0.3 is 0 Å². The lowest BCUT2D eigenvalue weighted by atomic mass is 9.97. The Morgan fingerprint density at radius 3 is 2.73 bits per heavy atom. The van der Waals surface area contributed by atoms with Crippen molar-refractivity contribution < 1.29 is 4.79 Å². The molecule has 0 radical (unpaired) electrons. The minimum Gasteiger partial charge on any atom is -0.357 e. The Balaban J connectivity index is 1.45. The molecular weight excluding hydrogens is 276 g/mol. The highest BCUT2D eigenvalue weighted by atomic mass is 16.2. The van der Waals surface area contributed by atoms with Crippen LogP contribution >= 0.6 is 0 Å². The number of H-pyrrole nitrogens is 1. The molecule has 122 valence electrons. The summed E-state index contributed by atoms with van der Waals surface area (Å²) in [6, 6.07) is 3.74. The van der Waals surface area contributed by atoms with Crippen LogP contribution in [0.2, 0.25) is 0 Å². The monoisotopic (exact) mass is 304 g/mol. The molecule has 1 amide bonds. The van der Waals surface area contributed by atoms with Crippen molar-refractivity contribution >= 4 is 5.91 Å². The molecule has 0 saturated carbocycles. The van der Waals surface area contributed by atoms with Crippen molar-refractivity contribution in [2.75, 3.05) is 52.4 Å². The summed E-state index contributed by atoms with van der Waals surface area (Å²) in [4.78, 5) is 22.4. The maximum atomic E-state index is 12.3.